The van der Waals surface area contributed by atoms with Crippen LogP contribution in [-0.4, -0.2) is 4.98 Å². The van der Waals surface area contributed by atoms with Crippen LogP contribution in [0.15, 0.2) is 0 Å². The maximum atomic E-state index is 6.25. The SMILES string of the molecule is CCC1(CC)Cc2sc(Cl)nc2[C@H]1N. The normalized spacial score (nSPS) is 23.9. The molecule has 2 nitrogen and oxygen atoms in total. The van der Waals surface area contributed by atoms with E-state index in [0.29, 0.717) is 4.47 Å². The third-order valence-corrected chi connectivity index (χ3v) is 4.75. The van der Waals surface area contributed by atoms with Crippen LogP contribution in [-0.2, 0) is 6.42 Å². The van der Waals surface area contributed by atoms with Crippen LogP contribution in [0.3, 0.4) is 0 Å². The first-order valence-electron chi connectivity index (χ1n) is 5.03. The number of thiazole rings is 1. The number of hydrogen-bond donors (Lipinski definition) is 1. The molecule has 0 saturated carbocycles. The molecule has 0 aromatic carbocycles. The van der Waals surface area contributed by atoms with Gasteiger partial charge in [-0.15, -0.1) is 11.3 Å². The van der Waals surface area contributed by atoms with Gasteiger partial charge in [0.1, 0.15) is 0 Å². The highest BCUT2D eigenvalue weighted by Crippen LogP contribution is 2.50. The molecule has 0 spiro atoms. The van der Waals surface area contributed by atoms with Crippen LogP contribution in [0, 0.1) is 5.41 Å². The second-order valence-corrected chi connectivity index (χ2v) is 5.66. The van der Waals surface area contributed by atoms with Crippen molar-refractivity contribution < 1.29 is 0 Å². The van der Waals surface area contributed by atoms with Gasteiger partial charge in [-0.25, -0.2) is 4.98 Å². The standard InChI is InChI=1S/C10H15ClN2S/c1-3-10(4-2)5-6-7(8(10)12)13-9(11)14-6/h8H,3-5,12H2,1-2H3/t8-/m1/s1. The van der Waals surface area contributed by atoms with Crippen molar-refractivity contribution in [2.75, 3.05) is 0 Å². The van der Waals surface area contributed by atoms with Crippen molar-refractivity contribution in [2.24, 2.45) is 11.1 Å². The van der Waals surface area contributed by atoms with Gasteiger partial charge in [0.15, 0.2) is 4.47 Å². The average molecular weight is 231 g/mol. The zero-order valence-corrected chi connectivity index (χ0v) is 10.1. The largest absolute Gasteiger partial charge is 0.322 e. The van der Waals surface area contributed by atoms with E-state index in [1.807, 2.05) is 0 Å². The topological polar surface area (TPSA) is 38.9 Å². The van der Waals surface area contributed by atoms with Crippen molar-refractivity contribution >= 4 is 22.9 Å². The lowest BCUT2D eigenvalue weighted by molar-refractivity contribution is 0.224. The molecule has 0 bridgehead atoms. The van der Waals surface area contributed by atoms with E-state index in [2.05, 4.69) is 18.8 Å². The minimum Gasteiger partial charge on any atom is -0.322 e. The van der Waals surface area contributed by atoms with Crippen LogP contribution in [0.1, 0.15) is 43.3 Å². The monoisotopic (exact) mass is 230 g/mol. The zero-order chi connectivity index (χ0) is 10.3. The molecule has 1 heterocycles. The van der Waals surface area contributed by atoms with Gasteiger partial charge in [0.2, 0.25) is 0 Å². The molecule has 1 aromatic rings. The van der Waals surface area contributed by atoms with Crippen molar-refractivity contribution in [3.05, 3.63) is 15.0 Å². The van der Waals surface area contributed by atoms with Gasteiger partial charge in [-0.05, 0) is 24.7 Å². The minimum absolute atomic E-state index is 0.0799. The van der Waals surface area contributed by atoms with E-state index in [-0.39, 0.29) is 11.5 Å². The van der Waals surface area contributed by atoms with Crippen molar-refractivity contribution in [1.82, 2.24) is 4.98 Å². The Morgan fingerprint density at radius 1 is 1.57 bits per heavy atom. The Bertz CT molecular complexity index is 344. The van der Waals surface area contributed by atoms with Gasteiger partial charge in [-0.3, -0.25) is 0 Å². The lowest BCUT2D eigenvalue weighted by atomic mass is 9.77. The number of rotatable bonds is 2. The summed E-state index contributed by atoms with van der Waals surface area (Å²) in [6.07, 6.45) is 3.29. The summed E-state index contributed by atoms with van der Waals surface area (Å²) in [6, 6.07) is 0.0799. The zero-order valence-electron chi connectivity index (χ0n) is 8.51. The molecule has 1 aromatic heterocycles. The Kier molecular flexibility index (Phi) is 2.58. The fourth-order valence-corrected chi connectivity index (χ4v) is 3.72. The first-order valence-corrected chi connectivity index (χ1v) is 6.23. The summed E-state index contributed by atoms with van der Waals surface area (Å²) in [5.74, 6) is 0. The number of hydrogen-bond acceptors (Lipinski definition) is 3. The molecule has 2 N–H and O–H groups in total. The molecule has 1 atom stereocenters. The lowest BCUT2D eigenvalue weighted by Gasteiger charge is -2.30. The summed E-state index contributed by atoms with van der Waals surface area (Å²) in [5.41, 5.74) is 7.53. The van der Waals surface area contributed by atoms with E-state index in [0.717, 1.165) is 25.0 Å². The molecule has 78 valence electrons. The van der Waals surface area contributed by atoms with Crippen molar-refractivity contribution in [3.8, 4) is 0 Å². The molecule has 4 heteroatoms. The van der Waals surface area contributed by atoms with E-state index in [1.165, 1.54) is 4.88 Å². The molecule has 0 radical (unpaired) electrons. The molecule has 1 aliphatic rings. The van der Waals surface area contributed by atoms with E-state index in [1.54, 1.807) is 11.3 Å². The van der Waals surface area contributed by atoms with Crippen molar-refractivity contribution in [1.29, 1.82) is 0 Å². The maximum absolute atomic E-state index is 6.25. The van der Waals surface area contributed by atoms with Gasteiger partial charge in [0, 0.05) is 4.88 Å². The molecule has 0 unspecified atom stereocenters. The highest BCUT2D eigenvalue weighted by molar-refractivity contribution is 7.15. The summed E-state index contributed by atoms with van der Waals surface area (Å²) in [6.45, 7) is 4.42. The van der Waals surface area contributed by atoms with Gasteiger partial charge in [-0.1, -0.05) is 25.4 Å². The van der Waals surface area contributed by atoms with Crippen LogP contribution in [0.25, 0.3) is 0 Å². The Hall–Kier alpha value is -0.120. The van der Waals surface area contributed by atoms with Crippen LogP contribution in [0.5, 0.6) is 0 Å². The van der Waals surface area contributed by atoms with Crippen LogP contribution in [0.2, 0.25) is 4.47 Å². The predicted molar refractivity (Wildman–Crippen MR) is 60.8 cm³/mol. The quantitative estimate of drug-likeness (QED) is 0.848. The molecule has 0 saturated heterocycles. The van der Waals surface area contributed by atoms with Crippen LogP contribution in [0.4, 0.5) is 0 Å². The Balaban J connectivity index is 2.38. The molecule has 0 fully saturated rings. The summed E-state index contributed by atoms with van der Waals surface area (Å²) >= 11 is 7.46. The number of halogens is 1. The van der Waals surface area contributed by atoms with E-state index >= 15 is 0 Å². The van der Waals surface area contributed by atoms with Crippen LogP contribution < -0.4 is 5.73 Å². The molecular weight excluding hydrogens is 216 g/mol. The number of nitrogens with zero attached hydrogens (tertiary/aromatic N) is 1. The molecule has 0 aliphatic heterocycles. The predicted octanol–water partition coefficient (Wildman–Crippen LogP) is 3.16. The van der Waals surface area contributed by atoms with Gasteiger partial charge in [0.05, 0.1) is 11.7 Å². The summed E-state index contributed by atoms with van der Waals surface area (Å²) < 4.78 is 0.631. The van der Waals surface area contributed by atoms with Gasteiger partial charge in [0.25, 0.3) is 0 Å². The number of nitrogens with two attached hydrogens (primary N) is 1. The summed E-state index contributed by atoms with van der Waals surface area (Å²) in [5, 5.41) is 0. The van der Waals surface area contributed by atoms with Crippen molar-refractivity contribution in [3.63, 3.8) is 0 Å². The first-order chi connectivity index (χ1) is 6.63. The molecule has 0 amide bonds. The van der Waals surface area contributed by atoms with Crippen LogP contribution >= 0.6 is 22.9 Å². The highest BCUT2D eigenvalue weighted by Gasteiger charge is 2.43. The first kappa shape index (κ1) is 10.4. The van der Waals surface area contributed by atoms with Crippen molar-refractivity contribution in [2.45, 2.75) is 39.2 Å². The molecule has 2 rings (SSSR count). The summed E-state index contributed by atoms with van der Waals surface area (Å²) in [7, 11) is 0. The fraction of sp³-hybridized carbons (Fsp3) is 0.700. The lowest BCUT2D eigenvalue weighted by Crippen LogP contribution is -2.30. The third kappa shape index (κ3) is 1.30. The minimum atomic E-state index is 0.0799. The Morgan fingerprint density at radius 2 is 2.21 bits per heavy atom. The Morgan fingerprint density at radius 3 is 2.71 bits per heavy atom. The van der Waals surface area contributed by atoms with E-state index in [9.17, 15) is 0 Å². The van der Waals surface area contributed by atoms with Gasteiger partial charge in [-0.2, -0.15) is 0 Å². The average Bonchev–Trinajstić information content (AvgIpc) is 2.64. The van der Waals surface area contributed by atoms with E-state index in [4.69, 9.17) is 17.3 Å². The number of aromatic nitrogens is 1. The molecule has 1 aliphatic carbocycles. The molecular formula is C10H15ClN2S. The summed E-state index contributed by atoms with van der Waals surface area (Å²) in [4.78, 5) is 5.62. The Labute approximate surface area is 93.5 Å². The third-order valence-electron chi connectivity index (χ3n) is 3.58. The maximum Gasteiger partial charge on any atom is 0.184 e. The molecule has 14 heavy (non-hydrogen) atoms. The number of fused-ring (bicyclic) bond motifs is 1. The second-order valence-electron chi connectivity index (χ2n) is 4.00. The fourth-order valence-electron chi connectivity index (χ4n) is 2.36. The highest BCUT2D eigenvalue weighted by atomic mass is 35.5. The smallest absolute Gasteiger partial charge is 0.184 e. The van der Waals surface area contributed by atoms with E-state index < -0.39 is 0 Å². The second kappa shape index (κ2) is 3.47. The van der Waals surface area contributed by atoms with Gasteiger partial charge >= 0.3 is 0 Å². The van der Waals surface area contributed by atoms with Gasteiger partial charge < -0.3 is 5.73 Å².